The maximum atomic E-state index is 11.9. The Morgan fingerprint density at radius 3 is 2.89 bits per heavy atom. The predicted octanol–water partition coefficient (Wildman–Crippen LogP) is 0.596. The number of piperidine rings is 1. The Hall–Kier alpha value is -1.56. The molecule has 0 saturated carbocycles. The molecule has 0 radical (unpaired) electrons. The summed E-state index contributed by atoms with van der Waals surface area (Å²) in [7, 11) is 0. The molecule has 6 nitrogen and oxygen atoms in total. The van der Waals surface area contributed by atoms with Gasteiger partial charge in [0.05, 0.1) is 11.9 Å². The number of hydrogen-bond donors (Lipinski definition) is 3. The van der Waals surface area contributed by atoms with Gasteiger partial charge in [-0.1, -0.05) is 6.42 Å². The first kappa shape index (κ1) is 12.9. The van der Waals surface area contributed by atoms with E-state index in [4.69, 9.17) is 5.73 Å². The van der Waals surface area contributed by atoms with Crippen molar-refractivity contribution in [1.29, 1.82) is 0 Å². The molecular formula is C12H21N5O. The van der Waals surface area contributed by atoms with Crippen LogP contribution in [0.25, 0.3) is 0 Å². The molecule has 1 amide bonds. The Balaban J connectivity index is 1.81. The average Bonchev–Trinajstić information content (AvgIpc) is 2.76. The quantitative estimate of drug-likeness (QED) is 0.731. The molecule has 1 unspecified atom stereocenters. The fourth-order valence-electron chi connectivity index (χ4n) is 2.35. The van der Waals surface area contributed by atoms with Gasteiger partial charge in [-0.05, 0) is 32.9 Å². The number of anilines is 1. The minimum atomic E-state index is -0.186. The third-order valence-electron chi connectivity index (χ3n) is 3.25. The van der Waals surface area contributed by atoms with Crippen molar-refractivity contribution < 1.29 is 4.79 Å². The maximum Gasteiger partial charge on any atom is 0.271 e. The van der Waals surface area contributed by atoms with Gasteiger partial charge in [-0.3, -0.25) is 9.89 Å². The zero-order valence-electron chi connectivity index (χ0n) is 10.8. The highest BCUT2D eigenvalue weighted by Crippen LogP contribution is 2.09. The van der Waals surface area contributed by atoms with Crippen molar-refractivity contribution in [2.75, 3.05) is 25.4 Å². The number of nitrogens with two attached hydrogens (primary N) is 1. The highest BCUT2D eigenvalue weighted by Gasteiger charge is 2.17. The Morgan fingerprint density at radius 2 is 2.28 bits per heavy atom. The molecule has 18 heavy (non-hydrogen) atoms. The van der Waals surface area contributed by atoms with Gasteiger partial charge < -0.3 is 16.0 Å². The van der Waals surface area contributed by atoms with E-state index < -0.39 is 0 Å². The first-order chi connectivity index (χ1) is 8.66. The van der Waals surface area contributed by atoms with Crippen LogP contribution in [0.2, 0.25) is 0 Å². The van der Waals surface area contributed by atoms with Crippen LogP contribution in [-0.2, 0) is 0 Å². The van der Waals surface area contributed by atoms with Crippen molar-refractivity contribution in [2.45, 2.75) is 32.2 Å². The molecule has 1 aromatic rings. The van der Waals surface area contributed by atoms with Gasteiger partial charge >= 0.3 is 0 Å². The molecule has 1 saturated heterocycles. The minimum Gasteiger partial charge on any atom is -0.396 e. The van der Waals surface area contributed by atoms with E-state index in [1.54, 1.807) is 0 Å². The molecule has 4 N–H and O–H groups in total. The summed E-state index contributed by atoms with van der Waals surface area (Å²) in [5.41, 5.74) is 6.37. The van der Waals surface area contributed by atoms with Gasteiger partial charge in [-0.25, -0.2) is 0 Å². The third-order valence-corrected chi connectivity index (χ3v) is 3.25. The SMILES string of the molecule is CC(CN1CCCCC1)NC(=O)c1[nH]ncc1N. The number of rotatable bonds is 4. The molecule has 2 heterocycles. The van der Waals surface area contributed by atoms with Crippen molar-refractivity contribution in [2.24, 2.45) is 0 Å². The summed E-state index contributed by atoms with van der Waals surface area (Å²) >= 11 is 0. The number of nitrogens with one attached hydrogen (secondary N) is 2. The number of amides is 1. The van der Waals surface area contributed by atoms with Gasteiger partial charge in [0, 0.05) is 12.6 Å². The molecule has 100 valence electrons. The lowest BCUT2D eigenvalue weighted by Crippen LogP contribution is -2.43. The average molecular weight is 251 g/mol. The number of nitrogens with zero attached hydrogens (tertiary/aromatic N) is 2. The lowest BCUT2D eigenvalue weighted by molar-refractivity contribution is 0.0921. The molecule has 1 fully saturated rings. The van der Waals surface area contributed by atoms with Gasteiger partial charge in [0.15, 0.2) is 0 Å². The zero-order valence-corrected chi connectivity index (χ0v) is 10.8. The Bertz CT molecular complexity index is 397. The molecule has 1 aliphatic rings. The largest absolute Gasteiger partial charge is 0.396 e. The monoisotopic (exact) mass is 251 g/mol. The molecule has 0 spiro atoms. The predicted molar refractivity (Wildman–Crippen MR) is 70.2 cm³/mol. The van der Waals surface area contributed by atoms with Crippen molar-refractivity contribution in [3.05, 3.63) is 11.9 Å². The number of H-pyrrole nitrogens is 1. The summed E-state index contributed by atoms with van der Waals surface area (Å²) < 4.78 is 0. The first-order valence-corrected chi connectivity index (χ1v) is 6.49. The number of carbonyl (C=O) groups excluding carboxylic acids is 1. The van der Waals surface area contributed by atoms with Gasteiger partial charge in [-0.15, -0.1) is 0 Å². The fraction of sp³-hybridized carbons (Fsp3) is 0.667. The van der Waals surface area contributed by atoms with Gasteiger partial charge in [0.2, 0.25) is 0 Å². The van der Waals surface area contributed by atoms with E-state index in [0.717, 1.165) is 19.6 Å². The Morgan fingerprint density at radius 1 is 1.56 bits per heavy atom. The number of hydrogen-bond acceptors (Lipinski definition) is 4. The van der Waals surface area contributed by atoms with Crippen LogP contribution in [-0.4, -0.2) is 46.7 Å². The topological polar surface area (TPSA) is 87.0 Å². The van der Waals surface area contributed by atoms with E-state index >= 15 is 0 Å². The van der Waals surface area contributed by atoms with E-state index in [9.17, 15) is 4.79 Å². The minimum absolute atomic E-state index is 0.110. The standard InChI is InChI=1S/C12H21N5O/c1-9(8-17-5-3-2-4-6-17)15-12(18)11-10(13)7-14-16-11/h7,9H,2-6,8,13H2,1H3,(H,14,16)(H,15,18). The number of likely N-dealkylation sites (tertiary alicyclic amines) is 1. The van der Waals surface area contributed by atoms with Gasteiger partial charge in [0.25, 0.3) is 5.91 Å². The molecule has 0 bridgehead atoms. The second-order valence-corrected chi connectivity index (χ2v) is 4.94. The number of carbonyl (C=O) groups is 1. The molecule has 6 heteroatoms. The molecule has 1 aromatic heterocycles. The van der Waals surface area contributed by atoms with Crippen molar-refractivity contribution in [1.82, 2.24) is 20.4 Å². The Labute approximate surface area is 107 Å². The van der Waals surface area contributed by atoms with Crippen molar-refractivity contribution in [3.63, 3.8) is 0 Å². The summed E-state index contributed by atoms with van der Waals surface area (Å²) in [4.78, 5) is 14.3. The molecule has 0 aromatic carbocycles. The number of aromatic nitrogens is 2. The lowest BCUT2D eigenvalue weighted by atomic mass is 10.1. The van der Waals surface area contributed by atoms with Crippen LogP contribution in [0.3, 0.4) is 0 Å². The molecule has 2 rings (SSSR count). The summed E-state index contributed by atoms with van der Waals surface area (Å²) in [6.45, 7) is 5.16. The van der Waals surface area contributed by atoms with Crippen LogP contribution in [0.1, 0.15) is 36.7 Å². The molecule has 0 aliphatic carbocycles. The second kappa shape index (κ2) is 5.86. The third kappa shape index (κ3) is 3.22. The summed E-state index contributed by atoms with van der Waals surface area (Å²) in [6, 6.07) is 0.110. The van der Waals surface area contributed by atoms with Gasteiger partial charge in [0.1, 0.15) is 5.69 Å². The fourth-order valence-corrected chi connectivity index (χ4v) is 2.35. The van der Waals surface area contributed by atoms with Crippen LogP contribution in [0.4, 0.5) is 5.69 Å². The van der Waals surface area contributed by atoms with E-state index in [-0.39, 0.29) is 11.9 Å². The summed E-state index contributed by atoms with van der Waals surface area (Å²) in [5, 5.41) is 9.30. The first-order valence-electron chi connectivity index (χ1n) is 6.49. The van der Waals surface area contributed by atoms with E-state index in [1.165, 1.54) is 25.5 Å². The van der Waals surface area contributed by atoms with Crippen LogP contribution in [0.15, 0.2) is 6.20 Å². The highest BCUT2D eigenvalue weighted by molar-refractivity contribution is 5.97. The highest BCUT2D eigenvalue weighted by atomic mass is 16.2. The number of nitrogen functional groups attached to an aromatic ring is 1. The molecular weight excluding hydrogens is 230 g/mol. The van der Waals surface area contributed by atoms with Crippen molar-refractivity contribution >= 4 is 11.6 Å². The zero-order chi connectivity index (χ0) is 13.0. The van der Waals surface area contributed by atoms with E-state index in [0.29, 0.717) is 11.4 Å². The van der Waals surface area contributed by atoms with Crippen molar-refractivity contribution in [3.8, 4) is 0 Å². The van der Waals surface area contributed by atoms with E-state index in [2.05, 4.69) is 20.4 Å². The Kier molecular flexibility index (Phi) is 4.19. The van der Waals surface area contributed by atoms with Crippen LogP contribution in [0.5, 0.6) is 0 Å². The number of aromatic amines is 1. The maximum absolute atomic E-state index is 11.9. The molecule has 1 atom stereocenters. The summed E-state index contributed by atoms with van der Waals surface area (Å²) in [6.07, 6.45) is 5.29. The lowest BCUT2D eigenvalue weighted by Gasteiger charge is -2.29. The second-order valence-electron chi connectivity index (χ2n) is 4.94. The van der Waals surface area contributed by atoms with E-state index in [1.807, 2.05) is 6.92 Å². The van der Waals surface area contributed by atoms with Crippen LogP contribution in [0, 0.1) is 0 Å². The molecule has 1 aliphatic heterocycles. The van der Waals surface area contributed by atoms with Crippen LogP contribution < -0.4 is 11.1 Å². The summed E-state index contributed by atoms with van der Waals surface area (Å²) in [5.74, 6) is -0.186. The van der Waals surface area contributed by atoms with Crippen LogP contribution >= 0.6 is 0 Å². The normalized spacial score (nSPS) is 18.5. The van der Waals surface area contributed by atoms with Gasteiger partial charge in [-0.2, -0.15) is 5.10 Å². The smallest absolute Gasteiger partial charge is 0.271 e.